The van der Waals surface area contributed by atoms with E-state index in [4.69, 9.17) is 0 Å². The lowest BCUT2D eigenvalue weighted by Gasteiger charge is -2.24. The van der Waals surface area contributed by atoms with Crippen LogP contribution in [0.1, 0.15) is 57.8 Å². The summed E-state index contributed by atoms with van der Waals surface area (Å²) in [4.78, 5) is 50.3. The van der Waals surface area contributed by atoms with Crippen molar-refractivity contribution in [2.75, 3.05) is 18.9 Å². The van der Waals surface area contributed by atoms with Crippen LogP contribution >= 0.6 is 0 Å². The van der Waals surface area contributed by atoms with Gasteiger partial charge in [0.25, 0.3) is 17.7 Å². The fourth-order valence-corrected chi connectivity index (χ4v) is 5.04. The van der Waals surface area contributed by atoms with E-state index < -0.39 is 29.6 Å². The Morgan fingerprint density at radius 1 is 0.872 bits per heavy atom. The number of pyridine rings is 2. The predicted octanol–water partition coefficient (Wildman–Crippen LogP) is 7.30. The molecule has 0 fully saturated rings. The van der Waals surface area contributed by atoms with E-state index in [0.717, 1.165) is 25.0 Å². The molecule has 0 unspecified atom stereocenters. The minimum Gasteiger partial charge on any atom is -0.344 e. The van der Waals surface area contributed by atoms with Gasteiger partial charge in [-0.25, -0.2) is 4.98 Å². The van der Waals surface area contributed by atoms with Crippen LogP contribution in [0.5, 0.6) is 0 Å². The normalized spacial score (nSPS) is 11.9. The maximum Gasteiger partial charge on any atom is 0.416 e. The predicted molar refractivity (Wildman–Crippen MR) is 174 cm³/mol. The van der Waals surface area contributed by atoms with Crippen LogP contribution in [0.3, 0.4) is 0 Å². The lowest BCUT2D eigenvalue weighted by Crippen LogP contribution is -2.42. The van der Waals surface area contributed by atoms with Crippen LogP contribution in [-0.4, -0.2) is 46.2 Å². The van der Waals surface area contributed by atoms with Gasteiger partial charge in [0, 0.05) is 36.3 Å². The number of aromatic nitrogens is 2. The Kier molecular flexibility index (Phi) is 9.94. The summed E-state index contributed by atoms with van der Waals surface area (Å²) in [5, 5.41) is 6.21. The number of hydrogen-bond donors (Lipinski definition) is 2. The molecule has 5 rings (SSSR count). The van der Waals surface area contributed by atoms with Gasteiger partial charge in [0.15, 0.2) is 6.04 Å². The van der Waals surface area contributed by atoms with Gasteiger partial charge in [-0.05, 0) is 78.2 Å². The second-order valence-corrected chi connectivity index (χ2v) is 11.0. The average molecular weight is 640 g/mol. The number of likely N-dealkylation sites (N-methyl/N-ethyl adjacent to an activating group) is 1. The Morgan fingerprint density at radius 3 is 2.32 bits per heavy atom. The molecule has 240 valence electrons. The number of fused-ring (bicyclic) bond motifs is 1. The van der Waals surface area contributed by atoms with E-state index in [9.17, 15) is 27.6 Å². The number of nitrogens with one attached hydrogen (secondary N) is 2. The molecule has 0 saturated heterocycles. The smallest absolute Gasteiger partial charge is 0.344 e. The maximum atomic E-state index is 13.4. The molecular formula is C36H32F3N5O3. The number of hydrogen-bond acceptors (Lipinski definition) is 5. The van der Waals surface area contributed by atoms with Crippen molar-refractivity contribution in [3.63, 3.8) is 0 Å². The number of amides is 3. The molecule has 1 atom stereocenters. The first kappa shape index (κ1) is 32.8. The van der Waals surface area contributed by atoms with Crippen molar-refractivity contribution < 1.29 is 27.6 Å². The van der Waals surface area contributed by atoms with Gasteiger partial charge in [-0.2, -0.15) is 13.2 Å². The monoisotopic (exact) mass is 639 g/mol. The molecule has 2 N–H and O–H groups in total. The molecule has 0 radical (unpaired) electrons. The zero-order valence-electron chi connectivity index (χ0n) is 25.7. The number of carbonyl (C=O) groups is 3. The van der Waals surface area contributed by atoms with E-state index in [1.807, 2.05) is 6.92 Å². The largest absolute Gasteiger partial charge is 0.416 e. The van der Waals surface area contributed by atoms with Gasteiger partial charge < -0.3 is 15.5 Å². The van der Waals surface area contributed by atoms with Gasteiger partial charge in [-0.15, -0.1) is 0 Å². The van der Waals surface area contributed by atoms with Crippen molar-refractivity contribution in [3.8, 4) is 11.1 Å². The van der Waals surface area contributed by atoms with Crippen LogP contribution in [0.15, 0.2) is 103 Å². The lowest BCUT2D eigenvalue weighted by molar-refractivity contribution is -0.137. The Morgan fingerprint density at radius 2 is 1.62 bits per heavy atom. The lowest BCUT2D eigenvalue weighted by atomic mass is 9.98. The Bertz CT molecular complexity index is 1900. The summed E-state index contributed by atoms with van der Waals surface area (Å²) in [7, 11) is 1.70. The number of alkyl halides is 3. The van der Waals surface area contributed by atoms with Gasteiger partial charge in [0.1, 0.15) is 5.82 Å². The second kappa shape index (κ2) is 14.2. The van der Waals surface area contributed by atoms with E-state index in [1.54, 1.807) is 90.9 Å². The zero-order chi connectivity index (χ0) is 33.6. The Hall–Kier alpha value is -5.58. The quantitative estimate of drug-likeness (QED) is 0.167. The third-order valence-electron chi connectivity index (χ3n) is 7.62. The van der Waals surface area contributed by atoms with Crippen LogP contribution in [0.2, 0.25) is 0 Å². The number of unbranched alkanes of at least 4 members (excludes halogenated alkanes) is 1. The van der Waals surface area contributed by atoms with Gasteiger partial charge in [-0.3, -0.25) is 19.4 Å². The molecule has 3 amide bonds. The van der Waals surface area contributed by atoms with Gasteiger partial charge >= 0.3 is 6.18 Å². The van der Waals surface area contributed by atoms with Crippen molar-refractivity contribution in [2.45, 2.75) is 32.0 Å². The van der Waals surface area contributed by atoms with Crippen molar-refractivity contribution in [3.05, 3.63) is 126 Å². The standard InChI is InChI=1S/C36H32F3N5O3/c1-3-4-21-44(2)35(47)32(30-11-7-8-20-40-30)43-33(45)25-14-18-29-24(22-25)15-19-31(41-29)42-34(46)28-10-6-5-9-27(28)23-12-16-26(17-13-23)36(37,38)39/h5-20,22,32H,3-4,21H2,1-2H3,(H,43,45)(H,41,42,46)/t32-/m0/s1. The van der Waals surface area contributed by atoms with Crippen molar-refractivity contribution in [1.29, 1.82) is 0 Å². The van der Waals surface area contributed by atoms with E-state index in [-0.39, 0.29) is 17.3 Å². The molecule has 3 aromatic carbocycles. The van der Waals surface area contributed by atoms with Crippen LogP contribution in [0.4, 0.5) is 19.0 Å². The van der Waals surface area contributed by atoms with Gasteiger partial charge in [0.2, 0.25) is 0 Å². The molecule has 8 nitrogen and oxygen atoms in total. The van der Waals surface area contributed by atoms with E-state index >= 15 is 0 Å². The highest BCUT2D eigenvalue weighted by Crippen LogP contribution is 2.32. The molecule has 5 aromatic rings. The van der Waals surface area contributed by atoms with Gasteiger partial charge in [0.05, 0.1) is 16.8 Å². The first-order valence-electron chi connectivity index (χ1n) is 15.0. The molecule has 0 aliphatic carbocycles. The van der Waals surface area contributed by atoms with Crippen molar-refractivity contribution in [2.24, 2.45) is 0 Å². The summed E-state index contributed by atoms with van der Waals surface area (Å²) in [5.41, 5.74) is 1.66. The van der Waals surface area contributed by atoms with E-state index in [0.29, 0.717) is 39.8 Å². The summed E-state index contributed by atoms with van der Waals surface area (Å²) in [6.45, 7) is 2.59. The minimum absolute atomic E-state index is 0.248. The minimum atomic E-state index is -4.46. The van der Waals surface area contributed by atoms with Crippen LogP contribution < -0.4 is 10.6 Å². The van der Waals surface area contributed by atoms with Crippen LogP contribution in [-0.2, 0) is 11.0 Å². The van der Waals surface area contributed by atoms with Crippen molar-refractivity contribution in [1.82, 2.24) is 20.2 Å². The third kappa shape index (κ3) is 7.81. The van der Waals surface area contributed by atoms with Crippen molar-refractivity contribution >= 4 is 34.4 Å². The number of halogens is 3. The summed E-state index contributed by atoms with van der Waals surface area (Å²) in [6.07, 6.45) is -1.14. The zero-order valence-corrected chi connectivity index (χ0v) is 25.7. The number of carbonyl (C=O) groups excluding carboxylic acids is 3. The Labute approximate surface area is 269 Å². The molecule has 0 bridgehead atoms. The summed E-state index contributed by atoms with van der Waals surface area (Å²) in [6, 6.07) is 23.6. The fourth-order valence-electron chi connectivity index (χ4n) is 5.04. The highest BCUT2D eigenvalue weighted by Gasteiger charge is 2.30. The highest BCUT2D eigenvalue weighted by molar-refractivity contribution is 6.09. The first-order chi connectivity index (χ1) is 22.5. The maximum absolute atomic E-state index is 13.4. The molecule has 0 aliphatic heterocycles. The highest BCUT2D eigenvalue weighted by atomic mass is 19.4. The first-order valence-corrected chi connectivity index (χ1v) is 15.0. The molecule has 0 saturated carbocycles. The van der Waals surface area contributed by atoms with Crippen LogP contribution in [0.25, 0.3) is 22.0 Å². The number of anilines is 1. The van der Waals surface area contributed by atoms with Gasteiger partial charge in [-0.1, -0.05) is 49.7 Å². The molecule has 2 aromatic heterocycles. The molecule has 0 spiro atoms. The SMILES string of the molecule is CCCCN(C)C(=O)[C@@H](NC(=O)c1ccc2nc(NC(=O)c3ccccc3-c3ccc(C(F)(F)F)cc3)ccc2c1)c1ccccn1. The molecule has 11 heteroatoms. The third-order valence-corrected chi connectivity index (χ3v) is 7.62. The number of rotatable bonds is 10. The second-order valence-electron chi connectivity index (χ2n) is 11.0. The number of nitrogens with zero attached hydrogens (tertiary/aromatic N) is 3. The topological polar surface area (TPSA) is 104 Å². The van der Waals surface area contributed by atoms with E-state index in [1.165, 1.54) is 12.1 Å². The van der Waals surface area contributed by atoms with Crippen LogP contribution in [0, 0.1) is 0 Å². The summed E-state index contributed by atoms with van der Waals surface area (Å²) < 4.78 is 39.1. The molecule has 0 aliphatic rings. The van der Waals surface area contributed by atoms with E-state index in [2.05, 4.69) is 20.6 Å². The molecule has 2 heterocycles. The molecule has 47 heavy (non-hydrogen) atoms. The Balaban J connectivity index is 1.33. The summed E-state index contributed by atoms with van der Waals surface area (Å²) in [5.74, 6) is -0.972. The molecular weight excluding hydrogens is 607 g/mol. The average Bonchev–Trinajstić information content (AvgIpc) is 3.09. The summed E-state index contributed by atoms with van der Waals surface area (Å²) >= 11 is 0. The number of benzene rings is 3. The fraction of sp³-hybridized carbons (Fsp3) is 0.194.